The summed E-state index contributed by atoms with van der Waals surface area (Å²) in [6.07, 6.45) is 0. The van der Waals surface area contributed by atoms with E-state index in [2.05, 4.69) is 41.5 Å². The quantitative estimate of drug-likeness (QED) is 0.633. The van der Waals surface area contributed by atoms with E-state index in [1.54, 1.807) is 6.92 Å². The van der Waals surface area contributed by atoms with E-state index in [0.29, 0.717) is 23.2 Å². The molecule has 102 valence electrons. The fourth-order valence-electron chi connectivity index (χ4n) is 2.89. The lowest BCUT2D eigenvalue weighted by molar-refractivity contribution is -0.121. The summed E-state index contributed by atoms with van der Waals surface area (Å²) in [5, 5.41) is 0. The van der Waals surface area contributed by atoms with Crippen molar-refractivity contribution in [1.82, 2.24) is 0 Å². The molecule has 0 aliphatic heterocycles. The van der Waals surface area contributed by atoms with Crippen LogP contribution in [0, 0.1) is 5.92 Å². The minimum Gasteiger partial charge on any atom is -0.415 e. The van der Waals surface area contributed by atoms with Crippen molar-refractivity contribution in [3.05, 3.63) is 0 Å². The van der Waals surface area contributed by atoms with Crippen LogP contribution in [0.15, 0.2) is 0 Å². The minimum atomic E-state index is -1.79. The first kappa shape index (κ1) is 16.8. The lowest BCUT2D eigenvalue weighted by atomic mass is 10.1. The van der Waals surface area contributed by atoms with Gasteiger partial charge in [-0.1, -0.05) is 48.5 Å². The van der Waals surface area contributed by atoms with Crippen LogP contribution in [0.2, 0.25) is 16.6 Å². The lowest BCUT2D eigenvalue weighted by Crippen LogP contribution is -2.48. The maximum absolute atomic E-state index is 11.3. The van der Waals surface area contributed by atoms with E-state index in [-0.39, 0.29) is 11.7 Å². The smallest absolute Gasteiger partial charge is 0.200 e. The standard InChI is InChI=1S/C14H30O2Si/c1-10(2)17(11(3)4,12(5)6)16-9-13(7)14(8)15/h10-13H,9H2,1-8H3/t13-/m0/s1. The van der Waals surface area contributed by atoms with E-state index >= 15 is 0 Å². The molecule has 0 aliphatic rings. The Morgan fingerprint density at radius 3 is 1.53 bits per heavy atom. The van der Waals surface area contributed by atoms with Gasteiger partial charge in [0.2, 0.25) is 0 Å². The fourth-order valence-corrected chi connectivity index (χ4v) is 8.43. The molecule has 0 aromatic rings. The summed E-state index contributed by atoms with van der Waals surface area (Å²) in [7, 11) is -1.79. The Bertz CT molecular complexity index is 225. The van der Waals surface area contributed by atoms with Gasteiger partial charge in [0.15, 0.2) is 8.32 Å². The highest BCUT2D eigenvalue weighted by atomic mass is 28.4. The summed E-state index contributed by atoms with van der Waals surface area (Å²) in [6.45, 7) is 17.8. The van der Waals surface area contributed by atoms with Crippen LogP contribution < -0.4 is 0 Å². The van der Waals surface area contributed by atoms with Crippen LogP contribution in [0.3, 0.4) is 0 Å². The highest BCUT2D eigenvalue weighted by Crippen LogP contribution is 2.42. The number of carbonyl (C=O) groups is 1. The molecule has 0 fully saturated rings. The molecule has 0 N–H and O–H groups in total. The van der Waals surface area contributed by atoms with Gasteiger partial charge in [-0.3, -0.25) is 4.79 Å². The van der Waals surface area contributed by atoms with Gasteiger partial charge in [-0.05, 0) is 23.5 Å². The maximum Gasteiger partial charge on any atom is 0.200 e. The Kier molecular flexibility index (Phi) is 6.63. The van der Waals surface area contributed by atoms with Crippen LogP contribution in [0.1, 0.15) is 55.4 Å². The first-order valence-corrected chi connectivity index (χ1v) is 8.94. The summed E-state index contributed by atoms with van der Waals surface area (Å²) < 4.78 is 6.36. The molecule has 0 saturated carbocycles. The minimum absolute atomic E-state index is 0.0260. The molecular formula is C14H30O2Si. The molecule has 2 nitrogen and oxygen atoms in total. The number of hydrogen-bond donors (Lipinski definition) is 0. The lowest BCUT2D eigenvalue weighted by Gasteiger charge is -2.42. The van der Waals surface area contributed by atoms with E-state index < -0.39 is 8.32 Å². The third-order valence-electron chi connectivity index (χ3n) is 3.98. The van der Waals surface area contributed by atoms with Gasteiger partial charge in [-0.25, -0.2) is 0 Å². The zero-order valence-corrected chi connectivity index (χ0v) is 13.8. The summed E-state index contributed by atoms with van der Waals surface area (Å²) in [4.78, 5) is 11.3. The Balaban J connectivity index is 4.88. The SMILES string of the molecule is CC(=O)[C@@H](C)CO[Si](C(C)C)(C(C)C)C(C)C. The van der Waals surface area contributed by atoms with Crippen LogP contribution in [-0.4, -0.2) is 20.7 Å². The second-order valence-electron chi connectivity index (χ2n) is 6.14. The largest absolute Gasteiger partial charge is 0.415 e. The predicted octanol–water partition coefficient (Wildman–Crippen LogP) is 4.40. The highest BCUT2D eigenvalue weighted by Gasteiger charge is 2.45. The molecule has 0 amide bonds. The average molecular weight is 258 g/mol. The van der Waals surface area contributed by atoms with Crippen molar-refractivity contribution in [3.63, 3.8) is 0 Å². The summed E-state index contributed by atoms with van der Waals surface area (Å²) in [6, 6.07) is 0. The number of rotatable bonds is 7. The van der Waals surface area contributed by atoms with Crippen molar-refractivity contribution in [2.24, 2.45) is 5.92 Å². The fraction of sp³-hybridized carbons (Fsp3) is 0.929. The Hall–Kier alpha value is -0.153. The summed E-state index contributed by atoms with van der Waals surface area (Å²) >= 11 is 0. The summed E-state index contributed by atoms with van der Waals surface area (Å²) in [5.74, 6) is 0.252. The zero-order chi connectivity index (χ0) is 13.8. The second-order valence-corrected chi connectivity index (χ2v) is 11.6. The van der Waals surface area contributed by atoms with E-state index in [9.17, 15) is 4.79 Å². The molecule has 0 bridgehead atoms. The van der Waals surface area contributed by atoms with Gasteiger partial charge in [0.1, 0.15) is 5.78 Å². The van der Waals surface area contributed by atoms with Gasteiger partial charge < -0.3 is 4.43 Å². The van der Waals surface area contributed by atoms with Crippen LogP contribution in [-0.2, 0) is 9.22 Å². The number of hydrogen-bond acceptors (Lipinski definition) is 2. The molecule has 0 unspecified atom stereocenters. The maximum atomic E-state index is 11.3. The average Bonchev–Trinajstić information content (AvgIpc) is 2.16. The van der Waals surface area contributed by atoms with Crippen molar-refractivity contribution in [1.29, 1.82) is 0 Å². The van der Waals surface area contributed by atoms with Gasteiger partial charge in [-0.2, -0.15) is 0 Å². The topological polar surface area (TPSA) is 26.3 Å². The molecule has 0 aliphatic carbocycles. The van der Waals surface area contributed by atoms with Gasteiger partial charge in [0.05, 0.1) is 0 Å². The molecule has 0 heterocycles. The van der Waals surface area contributed by atoms with Gasteiger partial charge >= 0.3 is 0 Å². The van der Waals surface area contributed by atoms with Gasteiger partial charge in [0.25, 0.3) is 0 Å². The molecule has 0 aromatic heterocycles. The molecule has 3 heteroatoms. The van der Waals surface area contributed by atoms with Crippen molar-refractivity contribution >= 4 is 14.1 Å². The first-order chi connectivity index (χ1) is 7.66. The van der Waals surface area contributed by atoms with E-state index in [1.165, 1.54) is 0 Å². The van der Waals surface area contributed by atoms with Gasteiger partial charge in [0, 0.05) is 12.5 Å². The van der Waals surface area contributed by atoms with E-state index in [1.807, 2.05) is 6.92 Å². The Morgan fingerprint density at radius 1 is 0.941 bits per heavy atom. The van der Waals surface area contributed by atoms with Crippen molar-refractivity contribution in [3.8, 4) is 0 Å². The predicted molar refractivity (Wildman–Crippen MR) is 76.8 cm³/mol. The third-order valence-corrected chi connectivity index (χ3v) is 10.1. The molecular weight excluding hydrogens is 228 g/mol. The van der Waals surface area contributed by atoms with Crippen molar-refractivity contribution in [2.45, 2.75) is 72.0 Å². The third kappa shape index (κ3) is 3.92. The van der Waals surface area contributed by atoms with Crippen molar-refractivity contribution in [2.75, 3.05) is 6.61 Å². The molecule has 0 rings (SSSR count). The van der Waals surface area contributed by atoms with Crippen LogP contribution in [0.5, 0.6) is 0 Å². The Morgan fingerprint density at radius 2 is 1.29 bits per heavy atom. The highest BCUT2D eigenvalue weighted by molar-refractivity contribution is 6.77. The second kappa shape index (κ2) is 6.69. The molecule has 0 radical (unpaired) electrons. The Labute approximate surface area is 108 Å². The molecule has 17 heavy (non-hydrogen) atoms. The molecule has 0 saturated heterocycles. The van der Waals surface area contributed by atoms with Crippen molar-refractivity contribution < 1.29 is 9.22 Å². The van der Waals surface area contributed by atoms with Crippen LogP contribution in [0.4, 0.5) is 0 Å². The van der Waals surface area contributed by atoms with E-state index in [4.69, 9.17) is 4.43 Å². The molecule has 0 spiro atoms. The molecule has 0 aromatic carbocycles. The number of Topliss-reactive ketones (excluding diaryl/α,β-unsaturated/α-hetero) is 1. The van der Waals surface area contributed by atoms with E-state index in [0.717, 1.165) is 0 Å². The number of carbonyl (C=O) groups excluding carboxylic acids is 1. The monoisotopic (exact) mass is 258 g/mol. The zero-order valence-electron chi connectivity index (χ0n) is 12.8. The normalized spacial score (nSPS) is 14.8. The molecule has 1 atom stereocenters. The summed E-state index contributed by atoms with van der Waals surface area (Å²) in [5.41, 5.74) is 1.75. The van der Waals surface area contributed by atoms with Crippen LogP contribution >= 0.6 is 0 Å². The number of ketones is 1. The first-order valence-electron chi connectivity index (χ1n) is 6.80. The van der Waals surface area contributed by atoms with Crippen LogP contribution in [0.25, 0.3) is 0 Å². The van der Waals surface area contributed by atoms with Gasteiger partial charge in [-0.15, -0.1) is 0 Å².